The van der Waals surface area contributed by atoms with Crippen LogP contribution in [0.5, 0.6) is 0 Å². The van der Waals surface area contributed by atoms with Crippen molar-refractivity contribution in [3.63, 3.8) is 0 Å². The van der Waals surface area contributed by atoms with Gasteiger partial charge < -0.3 is 4.98 Å². The number of Topliss-reactive ketones (excluding diaryl/α,β-unsaturated/α-hetero) is 1. The lowest BCUT2D eigenvalue weighted by Crippen LogP contribution is -2.21. The average molecular weight is 230 g/mol. The number of aromatic nitrogens is 2. The zero-order chi connectivity index (χ0) is 12.4. The molecule has 5 heteroatoms. The largest absolute Gasteiger partial charge is 0.326 e. The number of rotatable bonds is 2. The number of benzene rings is 1. The summed E-state index contributed by atoms with van der Waals surface area (Å²) in [4.78, 5) is 37.9. The third-order valence-electron chi connectivity index (χ3n) is 2.36. The van der Waals surface area contributed by atoms with Crippen LogP contribution in [0.4, 0.5) is 0 Å². The molecule has 86 valence electrons. The maximum atomic E-state index is 11.1. The first-order chi connectivity index (χ1) is 8.06. The maximum absolute atomic E-state index is 11.1. The summed E-state index contributed by atoms with van der Waals surface area (Å²) in [6.45, 7) is 1.48. The Morgan fingerprint density at radius 3 is 2.24 bits per heavy atom. The van der Waals surface area contributed by atoms with Gasteiger partial charge in [-0.15, -0.1) is 0 Å². The minimum atomic E-state index is -0.553. The van der Waals surface area contributed by atoms with Crippen LogP contribution in [-0.2, 0) is 0 Å². The lowest BCUT2D eigenvalue weighted by molar-refractivity contribution is 0.101. The molecule has 1 aromatic heterocycles. The quantitative estimate of drug-likeness (QED) is 0.753. The van der Waals surface area contributed by atoms with E-state index in [1.165, 1.54) is 13.0 Å². The molecule has 0 amide bonds. The van der Waals surface area contributed by atoms with Gasteiger partial charge in [0.05, 0.1) is 5.69 Å². The van der Waals surface area contributed by atoms with Gasteiger partial charge in [0.1, 0.15) is 0 Å². The lowest BCUT2D eigenvalue weighted by atomic mass is 10.1. The highest BCUT2D eigenvalue weighted by molar-refractivity contribution is 5.94. The summed E-state index contributed by atoms with van der Waals surface area (Å²) in [5.41, 5.74) is 0.676. The van der Waals surface area contributed by atoms with Crippen LogP contribution in [0, 0.1) is 0 Å². The number of aromatic amines is 2. The molecule has 0 bridgehead atoms. The SMILES string of the molecule is CC(=O)c1ccc(-c2cc(=O)[nH]c(=O)[nH]2)cc1. The molecular formula is C12H10N2O3. The fourth-order valence-electron chi connectivity index (χ4n) is 1.51. The zero-order valence-electron chi connectivity index (χ0n) is 9.11. The van der Waals surface area contributed by atoms with Gasteiger partial charge in [0.25, 0.3) is 5.56 Å². The van der Waals surface area contributed by atoms with Crippen molar-refractivity contribution in [2.24, 2.45) is 0 Å². The van der Waals surface area contributed by atoms with Crippen molar-refractivity contribution in [2.45, 2.75) is 6.92 Å². The molecule has 0 spiro atoms. The van der Waals surface area contributed by atoms with Crippen LogP contribution in [-0.4, -0.2) is 15.8 Å². The molecule has 5 nitrogen and oxygen atoms in total. The number of carbonyl (C=O) groups excluding carboxylic acids is 1. The first-order valence-corrected chi connectivity index (χ1v) is 5.01. The molecule has 0 aliphatic heterocycles. The van der Waals surface area contributed by atoms with Crippen molar-refractivity contribution >= 4 is 5.78 Å². The van der Waals surface area contributed by atoms with E-state index in [0.29, 0.717) is 16.8 Å². The van der Waals surface area contributed by atoms with Crippen LogP contribution in [0.15, 0.2) is 39.9 Å². The summed E-state index contributed by atoms with van der Waals surface area (Å²) >= 11 is 0. The van der Waals surface area contributed by atoms with Gasteiger partial charge in [0, 0.05) is 11.6 Å². The summed E-state index contributed by atoms with van der Waals surface area (Å²) in [6.07, 6.45) is 0. The van der Waals surface area contributed by atoms with Gasteiger partial charge in [-0.05, 0) is 12.5 Å². The second-order valence-electron chi connectivity index (χ2n) is 3.63. The zero-order valence-corrected chi connectivity index (χ0v) is 9.11. The van der Waals surface area contributed by atoms with Crippen molar-refractivity contribution in [3.05, 3.63) is 56.7 Å². The second kappa shape index (κ2) is 4.21. The molecule has 0 saturated heterocycles. The summed E-state index contributed by atoms with van der Waals surface area (Å²) in [5.74, 6) is -0.0315. The number of H-pyrrole nitrogens is 2. The highest BCUT2D eigenvalue weighted by atomic mass is 16.2. The third-order valence-corrected chi connectivity index (χ3v) is 2.36. The molecule has 0 fully saturated rings. The van der Waals surface area contributed by atoms with Gasteiger partial charge >= 0.3 is 5.69 Å². The molecule has 0 unspecified atom stereocenters. The number of hydrogen-bond donors (Lipinski definition) is 2. The molecule has 0 atom stereocenters. The van der Waals surface area contributed by atoms with Gasteiger partial charge in [-0.2, -0.15) is 0 Å². The highest BCUT2D eigenvalue weighted by Gasteiger charge is 2.02. The molecule has 1 aromatic carbocycles. The number of carbonyl (C=O) groups is 1. The van der Waals surface area contributed by atoms with Crippen LogP contribution in [0.1, 0.15) is 17.3 Å². The molecule has 0 radical (unpaired) electrons. The van der Waals surface area contributed by atoms with Crippen molar-refractivity contribution in [2.75, 3.05) is 0 Å². The van der Waals surface area contributed by atoms with E-state index in [4.69, 9.17) is 0 Å². The molecule has 17 heavy (non-hydrogen) atoms. The molecular weight excluding hydrogens is 220 g/mol. The van der Waals surface area contributed by atoms with Crippen LogP contribution in [0.25, 0.3) is 11.3 Å². The summed E-state index contributed by atoms with van der Waals surface area (Å²) in [5, 5.41) is 0. The van der Waals surface area contributed by atoms with Gasteiger partial charge in [-0.25, -0.2) is 4.79 Å². The Bertz CT molecular complexity index is 637. The first-order valence-electron chi connectivity index (χ1n) is 5.01. The number of ketones is 1. The fourth-order valence-corrected chi connectivity index (χ4v) is 1.51. The normalized spacial score (nSPS) is 10.2. The molecule has 0 saturated carbocycles. The summed E-state index contributed by atoms with van der Waals surface area (Å²) in [7, 11) is 0. The van der Waals surface area contributed by atoms with Crippen molar-refractivity contribution < 1.29 is 4.79 Å². The molecule has 1 heterocycles. The molecule has 0 aliphatic carbocycles. The number of nitrogens with one attached hydrogen (secondary N) is 2. The average Bonchev–Trinajstić information content (AvgIpc) is 2.28. The van der Waals surface area contributed by atoms with Crippen molar-refractivity contribution in [3.8, 4) is 11.3 Å². The highest BCUT2D eigenvalue weighted by Crippen LogP contribution is 2.15. The molecule has 0 aliphatic rings. The van der Waals surface area contributed by atoms with Gasteiger partial charge in [-0.3, -0.25) is 14.6 Å². The third kappa shape index (κ3) is 2.39. The minimum absolute atomic E-state index is 0.0315. The van der Waals surface area contributed by atoms with Crippen molar-refractivity contribution in [1.82, 2.24) is 9.97 Å². The Labute approximate surface area is 96.1 Å². The van der Waals surface area contributed by atoms with Crippen LogP contribution in [0.3, 0.4) is 0 Å². The Morgan fingerprint density at radius 2 is 1.71 bits per heavy atom. The Kier molecular flexibility index (Phi) is 2.74. The standard InChI is InChI=1S/C12H10N2O3/c1-7(15)8-2-4-9(5-3-8)10-6-11(16)14-12(17)13-10/h2-6H,1H3,(H2,13,14,16,17). The lowest BCUT2D eigenvalue weighted by Gasteiger charge is -2.01. The predicted molar refractivity (Wildman–Crippen MR) is 63.1 cm³/mol. The van der Waals surface area contributed by atoms with E-state index < -0.39 is 11.2 Å². The molecule has 2 N–H and O–H groups in total. The van der Waals surface area contributed by atoms with E-state index in [-0.39, 0.29) is 5.78 Å². The summed E-state index contributed by atoms with van der Waals surface area (Å²) < 4.78 is 0. The van der Waals surface area contributed by atoms with E-state index in [9.17, 15) is 14.4 Å². The number of hydrogen-bond acceptors (Lipinski definition) is 3. The topological polar surface area (TPSA) is 82.8 Å². The fraction of sp³-hybridized carbons (Fsp3) is 0.0833. The van der Waals surface area contributed by atoms with Crippen LogP contribution >= 0.6 is 0 Å². The smallest absolute Gasteiger partial charge is 0.307 e. The van der Waals surface area contributed by atoms with E-state index in [1.54, 1.807) is 24.3 Å². The van der Waals surface area contributed by atoms with E-state index in [0.717, 1.165) is 0 Å². The van der Waals surface area contributed by atoms with E-state index >= 15 is 0 Å². The Hall–Kier alpha value is -2.43. The van der Waals surface area contributed by atoms with Crippen LogP contribution < -0.4 is 11.2 Å². The summed E-state index contributed by atoms with van der Waals surface area (Å²) in [6, 6.07) is 7.96. The van der Waals surface area contributed by atoms with Crippen molar-refractivity contribution in [1.29, 1.82) is 0 Å². The second-order valence-corrected chi connectivity index (χ2v) is 3.63. The minimum Gasteiger partial charge on any atom is -0.307 e. The van der Waals surface area contributed by atoms with Gasteiger partial charge in [0.2, 0.25) is 0 Å². The first kappa shape index (κ1) is 11.1. The van der Waals surface area contributed by atoms with E-state index in [1.807, 2.05) is 0 Å². The Balaban J connectivity index is 2.50. The predicted octanol–water partition coefficient (Wildman–Crippen LogP) is 0.933. The van der Waals surface area contributed by atoms with Gasteiger partial charge in [0.15, 0.2) is 5.78 Å². The monoisotopic (exact) mass is 230 g/mol. The van der Waals surface area contributed by atoms with Gasteiger partial charge in [-0.1, -0.05) is 24.3 Å². The molecule has 2 aromatic rings. The molecule has 2 rings (SSSR count). The van der Waals surface area contributed by atoms with E-state index in [2.05, 4.69) is 9.97 Å². The Morgan fingerprint density at radius 1 is 1.06 bits per heavy atom. The van der Waals surface area contributed by atoms with Crippen LogP contribution in [0.2, 0.25) is 0 Å². The maximum Gasteiger partial charge on any atom is 0.326 e.